The van der Waals surface area contributed by atoms with Gasteiger partial charge in [0, 0.05) is 30.3 Å². The zero-order valence-corrected chi connectivity index (χ0v) is 15.0. The van der Waals surface area contributed by atoms with Gasteiger partial charge in [-0.2, -0.15) is 0 Å². The first-order chi connectivity index (χ1) is 11.5. The van der Waals surface area contributed by atoms with E-state index < -0.39 is 10.0 Å². The molecule has 2 aromatic carbocycles. The van der Waals surface area contributed by atoms with Gasteiger partial charge in [0.2, 0.25) is 10.0 Å². The maximum Gasteiger partial charge on any atom is 0.216 e. The average Bonchev–Trinajstić information content (AvgIpc) is 3.10. The first-order valence-electron chi connectivity index (χ1n) is 8.08. The molecule has 4 nitrogen and oxygen atoms in total. The number of anilines is 1. The van der Waals surface area contributed by atoms with E-state index in [2.05, 4.69) is 21.8 Å². The molecule has 1 N–H and O–H groups in total. The van der Waals surface area contributed by atoms with Gasteiger partial charge in [-0.1, -0.05) is 41.9 Å². The molecule has 0 bridgehead atoms. The van der Waals surface area contributed by atoms with Crippen LogP contribution in [-0.2, 0) is 22.3 Å². The van der Waals surface area contributed by atoms with Gasteiger partial charge >= 0.3 is 0 Å². The van der Waals surface area contributed by atoms with Gasteiger partial charge < -0.3 is 4.90 Å². The second kappa shape index (κ2) is 7.55. The topological polar surface area (TPSA) is 49.4 Å². The number of rotatable bonds is 6. The summed E-state index contributed by atoms with van der Waals surface area (Å²) in [5.41, 5.74) is 2.76. The molecule has 0 unspecified atom stereocenters. The zero-order valence-electron chi connectivity index (χ0n) is 13.4. The van der Waals surface area contributed by atoms with Gasteiger partial charge in [-0.3, -0.25) is 0 Å². The lowest BCUT2D eigenvalue weighted by atomic mass is 10.2. The molecule has 1 aliphatic rings. The highest BCUT2D eigenvalue weighted by atomic mass is 35.5. The summed E-state index contributed by atoms with van der Waals surface area (Å²) in [5.74, 6) is -0.113. The maximum absolute atomic E-state index is 12.2. The quantitative estimate of drug-likeness (QED) is 0.852. The van der Waals surface area contributed by atoms with Crippen LogP contribution < -0.4 is 9.62 Å². The molecule has 0 radical (unpaired) electrons. The van der Waals surface area contributed by atoms with Gasteiger partial charge in [-0.05, 0) is 42.2 Å². The average molecular weight is 365 g/mol. The lowest BCUT2D eigenvalue weighted by Crippen LogP contribution is -2.25. The van der Waals surface area contributed by atoms with Crippen molar-refractivity contribution in [3.8, 4) is 0 Å². The van der Waals surface area contributed by atoms with Gasteiger partial charge in [-0.25, -0.2) is 13.1 Å². The number of hydrogen-bond donors (Lipinski definition) is 1. The molecule has 0 spiro atoms. The number of hydrogen-bond acceptors (Lipinski definition) is 3. The van der Waals surface area contributed by atoms with Crippen LogP contribution in [0.15, 0.2) is 48.5 Å². The van der Waals surface area contributed by atoms with Crippen LogP contribution in [0.25, 0.3) is 0 Å². The van der Waals surface area contributed by atoms with Crippen molar-refractivity contribution in [2.75, 3.05) is 18.0 Å². The molecule has 1 saturated heterocycles. The summed E-state index contributed by atoms with van der Waals surface area (Å²) in [5, 5.41) is 0.470. The summed E-state index contributed by atoms with van der Waals surface area (Å²) >= 11 is 6.03. The van der Waals surface area contributed by atoms with Crippen molar-refractivity contribution in [2.24, 2.45) is 0 Å². The predicted octanol–water partition coefficient (Wildman–Crippen LogP) is 3.56. The minimum Gasteiger partial charge on any atom is -0.372 e. The molecule has 1 fully saturated rings. The Morgan fingerprint density at radius 3 is 2.33 bits per heavy atom. The van der Waals surface area contributed by atoms with E-state index in [-0.39, 0.29) is 12.3 Å². The van der Waals surface area contributed by atoms with E-state index in [9.17, 15) is 8.42 Å². The van der Waals surface area contributed by atoms with Crippen molar-refractivity contribution < 1.29 is 8.42 Å². The van der Waals surface area contributed by atoms with Crippen LogP contribution in [0.4, 0.5) is 5.69 Å². The van der Waals surface area contributed by atoms with Crippen LogP contribution >= 0.6 is 11.6 Å². The second-order valence-corrected chi connectivity index (χ2v) is 8.25. The molecule has 0 aliphatic carbocycles. The summed E-state index contributed by atoms with van der Waals surface area (Å²) in [6, 6.07) is 15.1. The summed E-state index contributed by atoms with van der Waals surface area (Å²) in [6.45, 7) is 2.49. The van der Waals surface area contributed by atoms with E-state index in [1.54, 1.807) is 24.3 Å². The molecule has 24 heavy (non-hydrogen) atoms. The van der Waals surface area contributed by atoms with Crippen molar-refractivity contribution in [2.45, 2.75) is 25.1 Å². The third-order valence-corrected chi connectivity index (χ3v) is 5.85. The van der Waals surface area contributed by atoms with E-state index in [0.29, 0.717) is 10.6 Å². The standard InChI is InChI=1S/C18H21ClN2O2S/c19-18-6-2-1-5-16(18)14-24(22,23)20-13-15-7-9-17(10-8-15)21-11-3-4-12-21/h1-2,5-10,20H,3-4,11-14H2. The highest BCUT2D eigenvalue weighted by molar-refractivity contribution is 7.88. The summed E-state index contributed by atoms with van der Waals surface area (Å²) in [6.07, 6.45) is 2.48. The summed E-state index contributed by atoms with van der Waals surface area (Å²) in [4.78, 5) is 2.35. The first-order valence-corrected chi connectivity index (χ1v) is 10.1. The number of halogens is 1. The molecular formula is C18H21ClN2O2S. The molecular weight excluding hydrogens is 344 g/mol. The first kappa shape index (κ1) is 17.3. The van der Waals surface area contributed by atoms with Gasteiger partial charge in [0.25, 0.3) is 0 Å². The Kier molecular flexibility index (Phi) is 5.43. The van der Waals surface area contributed by atoms with Gasteiger partial charge in [0.05, 0.1) is 5.75 Å². The van der Waals surface area contributed by atoms with Crippen molar-refractivity contribution in [3.05, 3.63) is 64.7 Å². The monoisotopic (exact) mass is 364 g/mol. The smallest absolute Gasteiger partial charge is 0.216 e. The van der Waals surface area contributed by atoms with E-state index in [1.807, 2.05) is 12.1 Å². The molecule has 6 heteroatoms. The Balaban J connectivity index is 1.59. The van der Waals surface area contributed by atoms with E-state index in [1.165, 1.54) is 18.5 Å². The highest BCUT2D eigenvalue weighted by Crippen LogP contribution is 2.21. The predicted molar refractivity (Wildman–Crippen MR) is 98.8 cm³/mol. The fourth-order valence-corrected chi connectivity index (χ4v) is 4.30. The van der Waals surface area contributed by atoms with Crippen LogP contribution in [-0.4, -0.2) is 21.5 Å². The molecule has 1 aliphatic heterocycles. The van der Waals surface area contributed by atoms with Crippen molar-refractivity contribution in [1.29, 1.82) is 0 Å². The number of sulfonamides is 1. The van der Waals surface area contributed by atoms with Gasteiger partial charge in [-0.15, -0.1) is 0 Å². The Hall–Kier alpha value is -1.56. The number of nitrogens with zero attached hydrogens (tertiary/aromatic N) is 1. The SMILES string of the molecule is O=S(=O)(Cc1ccccc1Cl)NCc1ccc(N2CCCC2)cc1. The normalized spacial score (nSPS) is 15.0. The molecule has 0 saturated carbocycles. The Morgan fingerprint density at radius 2 is 1.67 bits per heavy atom. The minimum atomic E-state index is -3.43. The van der Waals surface area contributed by atoms with Crippen LogP contribution in [0.5, 0.6) is 0 Å². The highest BCUT2D eigenvalue weighted by Gasteiger charge is 2.14. The Bertz CT molecular complexity index is 785. The van der Waals surface area contributed by atoms with Gasteiger partial charge in [0.1, 0.15) is 0 Å². The third-order valence-electron chi connectivity index (χ3n) is 4.21. The third kappa shape index (κ3) is 4.50. The Labute approximate surface area is 148 Å². The van der Waals surface area contributed by atoms with Crippen molar-refractivity contribution in [3.63, 3.8) is 0 Å². The second-order valence-electron chi connectivity index (χ2n) is 6.03. The zero-order chi connectivity index (χ0) is 17.0. The molecule has 128 valence electrons. The minimum absolute atomic E-state index is 0.113. The molecule has 1 heterocycles. The molecule has 0 atom stereocenters. The summed E-state index contributed by atoms with van der Waals surface area (Å²) in [7, 11) is -3.43. The summed E-state index contributed by atoms with van der Waals surface area (Å²) < 4.78 is 27.1. The van der Waals surface area contributed by atoms with E-state index in [4.69, 9.17) is 11.6 Å². The number of benzene rings is 2. The van der Waals surface area contributed by atoms with Crippen molar-refractivity contribution >= 4 is 27.3 Å². The van der Waals surface area contributed by atoms with Crippen LogP contribution in [0, 0.1) is 0 Å². The lowest BCUT2D eigenvalue weighted by molar-refractivity contribution is 0.580. The molecule has 0 aromatic heterocycles. The van der Waals surface area contributed by atoms with Gasteiger partial charge in [0.15, 0.2) is 0 Å². The van der Waals surface area contributed by atoms with Crippen LogP contribution in [0.1, 0.15) is 24.0 Å². The molecule has 0 amide bonds. The largest absolute Gasteiger partial charge is 0.372 e. The lowest BCUT2D eigenvalue weighted by Gasteiger charge is -2.17. The fraction of sp³-hybridized carbons (Fsp3) is 0.333. The van der Waals surface area contributed by atoms with Crippen molar-refractivity contribution in [1.82, 2.24) is 4.72 Å². The molecule has 3 rings (SSSR count). The van der Waals surface area contributed by atoms with Crippen LogP contribution in [0.3, 0.4) is 0 Å². The fourth-order valence-electron chi connectivity index (χ4n) is 2.86. The molecule has 2 aromatic rings. The maximum atomic E-state index is 12.2. The van der Waals surface area contributed by atoms with E-state index in [0.717, 1.165) is 18.7 Å². The van der Waals surface area contributed by atoms with E-state index >= 15 is 0 Å². The number of nitrogens with one attached hydrogen (secondary N) is 1. The van der Waals surface area contributed by atoms with Crippen LogP contribution in [0.2, 0.25) is 5.02 Å². The Morgan fingerprint density at radius 1 is 1.00 bits per heavy atom.